The van der Waals surface area contributed by atoms with Crippen molar-refractivity contribution in [2.75, 3.05) is 132 Å². The minimum absolute atomic E-state index is 0.00103. The lowest BCUT2D eigenvalue weighted by Crippen LogP contribution is -2.44. The zero-order valence-corrected chi connectivity index (χ0v) is 83.5. The summed E-state index contributed by atoms with van der Waals surface area (Å²) in [5, 5.41) is 11.9. The van der Waals surface area contributed by atoms with Crippen LogP contribution in [-0.2, 0) is 156 Å². The lowest BCUT2D eigenvalue weighted by atomic mass is 10.1. The molecule has 142 heavy (non-hydrogen) atoms. The number of H-pyrrole nitrogens is 4. The molecule has 15 heterocycles. The van der Waals surface area contributed by atoms with E-state index in [9.17, 15) is 62.9 Å². The molecule has 9 unspecified atom stereocenters. The predicted octanol–water partition coefficient (Wildman–Crippen LogP) is -1.65. The van der Waals surface area contributed by atoms with Crippen LogP contribution in [0.1, 0.15) is 75.4 Å². The van der Waals surface area contributed by atoms with Crippen molar-refractivity contribution in [3.05, 3.63) is 135 Å². The number of hydrogen-bond donors (Lipinski definition) is 14. The molecule has 15 rings (SSSR count). The Morgan fingerprint density at radius 1 is 0.451 bits per heavy atom. The number of hydrogen-bond acceptors (Lipinski definition) is 49. The number of aromatic amines is 4. The molecule has 0 radical (unpaired) electrons. The van der Waals surface area contributed by atoms with E-state index in [2.05, 4.69) is 66.4 Å². The number of nitrogens with two attached hydrogens (primary N) is 4. The Bertz CT molecular complexity index is 6590. The molecule has 7 aliphatic heterocycles. The van der Waals surface area contributed by atoms with E-state index in [1.54, 1.807) is 20.0 Å². The quantitative estimate of drug-likeness (QED) is 0.0150. The zero-order valence-electron chi connectivity index (χ0n) is 76.5. The number of nitrogens with one attached hydrogen (secondary N) is 4. The Balaban J connectivity index is 0.702. The maximum atomic E-state index is 15.4. The second kappa shape index (κ2) is 45.8. The number of methoxy groups -OCH3 is 4. The summed E-state index contributed by atoms with van der Waals surface area (Å²) >= 11 is 17.0. The largest absolute Gasteiger partial charge is 0.472 e. The molecule has 27 atom stereocenters. The number of fused-ring (bicyclic) bond motifs is 3. The van der Waals surface area contributed by atoms with Crippen molar-refractivity contribution in [2.24, 2.45) is 10.7 Å². The third kappa shape index (κ3) is 24.8. The number of aliphatic hydroxyl groups excluding tert-OH is 1. The first-order chi connectivity index (χ1) is 67.5. The van der Waals surface area contributed by atoms with Gasteiger partial charge in [-0.15, -0.1) is 0 Å². The summed E-state index contributed by atoms with van der Waals surface area (Å²) in [7, 11) is -6.10. The van der Waals surface area contributed by atoms with Crippen LogP contribution in [0.3, 0.4) is 0 Å². The minimum atomic E-state index is -5.88. The van der Waals surface area contributed by atoms with Crippen LogP contribution in [0.2, 0.25) is 0 Å². The van der Waals surface area contributed by atoms with Crippen LogP contribution in [0.25, 0.3) is 33.5 Å². The number of phosphoric acid groups is 2. The van der Waals surface area contributed by atoms with Gasteiger partial charge in [0.2, 0.25) is 11.9 Å². The van der Waals surface area contributed by atoms with Crippen LogP contribution in [0.15, 0.2) is 95.6 Å². The average Bonchev–Trinajstić information content (AvgIpc) is 1.61. The number of phosphoric ester groups is 2. The van der Waals surface area contributed by atoms with Crippen LogP contribution in [-0.4, -0.2) is 336 Å². The molecule has 8 aromatic rings. The van der Waals surface area contributed by atoms with Crippen LogP contribution in [0.5, 0.6) is 0 Å². The number of amidine groups is 1. The van der Waals surface area contributed by atoms with Gasteiger partial charge in [-0.3, -0.25) is 89.1 Å². The summed E-state index contributed by atoms with van der Waals surface area (Å²) in [4.78, 5) is 185. The molecule has 0 aliphatic carbocycles. The Morgan fingerprint density at radius 3 is 1.33 bits per heavy atom. The SMILES string of the molecule is C=C1N=C(N)C(C)=CN1[C@@H]1O[C@H](COP(O)(=S)O[C@@H]2C(OCCOC)[C@H](n3cc(C)c(=O)[nH]c3=O)O[C@@H]2COP(O)(=S)O[C@@H]2C(OCCOC)[C@H](n3cc(C)c(=O)[nH]c3=O)O[C@@H]2COP(=O)(O)O[C@@H]2C(OCCOC)[C@H](n3cnc4c(N)ncnc43)O[C@@H]2COP(=O)(O)O[C@@H]2C[C@H](n3cnc4c(=O)[nH]c(N)nc43)O[C@@H]2COP(O)(=S)O[C@@H]2C[C@H](n3cnc4c(=O)[nH]c(N)nc43)O[C@@H]2CC)[C@H](O)C1OCCOC. The van der Waals surface area contributed by atoms with Crippen molar-refractivity contribution in [3.8, 4) is 0 Å². The highest BCUT2D eigenvalue weighted by molar-refractivity contribution is 8.07. The van der Waals surface area contributed by atoms with Crippen molar-refractivity contribution in [3.63, 3.8) is 0 Å². The smallest absolute Gasteiger partial charge is 0.387 e. The lowest BCUT2D eigenvalue weighted by molar-refractivity contribution is -0.0936. The Kier molecular flexibility index (Phi) is 34.9. The average molecular weight is 2160 g/mol. The number of aromatic nitrogens is 16. The molecule has 68 heteroatoms. The first-order valence-corrected chi connectivity index (χ1v) is 54.1. The van der Waals surface area contributed by atoms with E-state index >= 15 is 4.57 Å². The summed E-state index contributed by atoms with van der Waals surface area (Å²) in [5.41, 5.74) is 19.2. The molecule has 0 aromatic carbocycles. The minimum Gasteiger partial charge on any atom is -0.387 e. The van der Waals surface area contributed by atoms with Crippen LogP contribution in [0, 0.1) is 13.8 Å². The van der Waals surface area contributed by atoms with Gasteiger partial charge in [0.05, 0.1) is 117 Å². The van der Waals surface area contributed by atoms with Gasteiger partial charge in [0.1, 0.15) is 121 Å². The monoisotopic (exact) mass is 2160 g/mol. The summed E-state index contributed by atoms with van der Waals surface area (Å²) in [6, 6.07) is 0. The molecule has 8 aromatic heterocycles. The number of aliphatic imine (C=N–C) groups is 1. The molecule has 782 valence electrons. The summed E-state index contributed by atoms with van der Waals surface area (Å²) < 4.78 is 181. The number of aliphatic hydroxyl groups is 1. The van der Waals surface area contributed by atoms with Gasteiger partial charge >= 0.3 is 47.2 Å². The topological polar surface area (TPSA) is 777 Å². The van der Waals surface area contributed by atoms with Crippen molar-refractivity contribution >= 4 is 128 Å². The van der Waals surface area contributed by atoms with E-state index in [0.29, 0.717) is 12.0 Å². The Hall–Kier alpha value is -8.03. The van der Waals surface area contributed by atoms with Crippen LogP contribution in [0.4, 0.5) is 17.7 Å². The molecule has 18 N–H and O–H groups in total. The highest BCUT2D eigenvalue weighted by Gasteiger charge is 2.58. The summed E-state index contributed by atoms with van der Waals surface area (Å²) in [6.07, 6.45) is -25.2. The molecule has 60 nitrogen and oxygen atoms in total. The van der Waals surface area contributed by atoms with Crippen molar-refractivity contribution in [1.29, 1.82) is 0 Å². The van der Waals surface area contributed by atoms with E-state index in [1.165, 1.54) is 79.9 Å². The van der Waals surface area contributed by atoms with Crippen LogP contribution < -0.4 is 56.6 Å². The fourth-order valence-electron chi connectivity index (χ4n) is 16.5. The molecular weight excluding hydrogens is 2060 g/mol. The van der Waals surface area contributed by atoms with Gasteiger partial charge in [-0.05, 0) is 62.6 Å². The second-order valence-corrected chi connectivity index (χ2v) is 43.9. The van der Waals surface area contributed by atoms with E-state index < -0.39 is 244 Å². The summed E-state index contributed by atoms with van der Waals surface area (Å²) in [6.45, 7) is -10.4. The predicted molar refractivity (Wildman–Crippen MR) is 497 cm³/mol. The standard InChI is InChI=1S/C74H105N22O38P5S3/c1-10-37-38(19-45(124-37)94-30-82-48-61(94)85-71(77)87-65(48)100)131-137(108,140)121-24-40-39(20-46(125-40)95-31-83-49-62(95)86-72(78)88-66(49)101)130-135(104,105)119-26-42-51(55(116-16-12-112-7)70(129-42)96-32-81-47-59(76)79-29-80-60(47)96)132-136(106,107)120-27-43-52(56(117-17-13-113-8)68(127-43)92-22-34(3)63(98)89-73(92)102)133-139(110,142)123-28-44-53(57(118-18-14-114-9)69(128-44)93-23-35(4)64(99)90-74(93)103)134-138(109,141)122-25-41-50(97)54(115-15-11-111-6)67(126-41)91-21-33(2)58(75)84-36(91)5/h21-23,29-32,37-46,50-57,67-70,97H,5,10-20,24-28H2,1-4,6-9H3,(H2,75,84)(H,104,105)(H,106,107)(H,108,140)(H,109,141)(H,110,142)(H2,76,79,80)(H,89,98,102)(H,90,99,103)(H3,77,85,87,100)(H3,78,86,88,101)/t37-,38-,39-,40-,41-,42-,43-,44-,45-,46-,50+,51+,52+,53+,54?,55?,56?,57?,67-,68-,69-,70-,137?,138?,139?/m1/s1. The molecule has 0 bridgehead atoms. The first-order valence-electron chi connectivity index (χ1n) is 43.3. The maximum Gasteiger partial charge on any atom is 0.472 e. The van der Waals surface area contributed by atoms with Gasteiger partial charge in [-0.2, -0.15) is 9.97 Å². The van der Waals surface area contributed by atoms with E-state index in [-0.39, 0.29) is 133 Å². The number of ether oxygens (including phenoxy) is 14. The molecule has 0 saturated carbocycles. The van der Waals surface area contributed by atoms with Gasteiger partial charge in [-0.1, -0.05) is 13.5 Å². The third-order valence-electron chi connectivity index (χ3n) is 23.2. The third-order valence-corrected chi connectivity index (χ3v) is 29.9. The van der Waals surface area contributed by atoms with Gasteiger partial charge in [0.15, 0.2) is 58.7 Å². The van der Waals surface area contributed by atoms with E-state index in [4.69, 9.17) is 170 Å². The first kappa shape index (κ1) is 108. The zero-order chi connectivity index (χ0) is 102. The van der Waals surface area contributed by atoms with Gasteiger partial charge in [0, 0.05) is 76.6 Å². The second-order valence-electron chi connectivity index (χ2n) is 32.7. The van der Waals surface area contributed by atoms with Crippen molar-refractivity contribution in [1.82, 2.24) is 82.6 Å². The van der Waals surface area contributed by atoms with Gasteiger partial charge < -0.3 is 142 Å². The maximum absolute atomic E-state index is 15.4. The molecule has 0 amide bonds. The highest BCUT2D eigenvalue weighted by Crippen LogP contribution is 2.58. The van der Waals surface area contributed by atoms with Gasteiger partial charge in [-0.25, -0.2) is 48.6 Å². The number of imidazole rings is 3. The number of aryl methyl sites for hydroxylation is 2. The number of rotatable bonds is 48. The molecule has 6 saturated heterocycles. The molecule has 0 spiro atoms. The molecule has 6 fully saturated rings. The summed E-state index contributed by atoms with van der Waals surface area (Å²) in [5.74, 6) is -0.377. The fraction of sp³-hybridized carbons (Fsp3) is 0.622. The van der Waals surface area contributed by atoms with E-state index in [1.807, 2.05) is 0 Å². The van der Waals surface area contributed by atoms with Crippen molar-refractivity contribution < 1.29 is 150 Å². The fourth-order valence-corrected chi connectivity index (χ4v) is 22.8. The number of nitrogens with zero attached hydrogens (tertiary/aromatic N) is 14. The molecular formula is C74H105N22O38P5S3. The number of nitrogen functional groups attached to an aromatic ring is 3. The van der Waals surface area contributed by atoms with Crippen LogP contribution >= 0.6 is 35.8 Å². The lowest BCUT2D eigenvalue weighted by Gasteiger charge is -2.33. The highest BCUT2D eigenvalue weighted by atomic mass is 32.5. The molecule has 7 aliphatic rings. The van der Waals surface area contributed by atoms with E-state index in [0.717, 1.165) is 27.9 Å². The Morgan fingerprint density at radius 2 is 0.852 bits per heavy atom. The normalized spacial score (nSPS) is 29.7. The van der Waals surface area contributed by atoms with Crippen molar-refractivity contribution in [2.45, 2.75) is 182 Å². The van der Waals surface area contributed by atoms with Gasteiger partial charge in [0.25, 0.3) is 22.2 Å². The Labute approximate surface area is 816 Å². The number of anilines is 3.